The molecule has 0 fully saturated rings. The molecule has 0 saturated carbocycles. The summed E-state index contributed by atoms with van der Waals surface area (Å²) in [5.74, 6) is 0.532. The van der Waals surface area contributed by atoms with Crippen LogP contribution in [0.25, 0.3) is 0 Å². The number of benzene rings is 1. The lowest BCUT2D eigenvalue weighted by molar-refractivity contribution is 0.414. The zero-order valence-corrected chi connectivity index (χ0v) is 9.35. The van der Waals surface area contributed by atoms with Crippen molar-refractivity contribution < 1.29 is 10.2 Å². The first-order valence-corrected chi connectivity index (χ1v) is 5.08. The molecule has 0 bridgehead atoms. The summed E-state index contributed by atoms with van der Waals surface area (Å²) < 4.78 is 0. The van der Waals surface area contributed by atoms with Crippen LogP contribution in [0.2, 0.25) is 0 Å². The van der Waals surface area contributed by atoms with Gasteiger partial charge >= 0.3 is 0 Å². The molecule has 2 nitrogen and oxygen atoms in total. The van der Waals surface area contributed by atoms with Crippen LogP contribution in [0.3, 0.4) is 0 Å². The first-order valence-electron chi connectivity index (χ1n) is 5.08. The van der Waals surface area contributed by atoms with Crippen molar-refractivity contribution in [2.45, 2.75) is 6.92 Å². The number of allylic oxidation sites excluding steroid dienone is 5. The minimum Gasteiger partial charge on any atom is -0.513 e. The Labute approximate surface area is 96.5 Å². The van der Waals surface area contributed by atoms with Crippen LogP contribution in [-0.4, -0.2) is 17.5 Å². The minimum atomic E-state index is 0.263. The molecular weight excluding hydrogens is 199 g/mol. The minimum absolute atomic E-state index is 0.263. The monoisotopic (exact) mass is 214 g/mol. The Morgan fingerprint density at radius 1 is 1.25 bits per heavy atom. The number of phenolic OH excluding ortho intramolecular Hbond substituents is 1. The van der Waals surface area contributed by atoms with E-state index < -0.39 is 0 Å². The number of hydrogen-bond donors (Lipinski definition) is 2. The van der Waals surface area contributed by atoms with Crippen LogP contribution >= 0.6 is 0 Å². The lowest BCUT2D eigenvalue weighted by Gasteiger charge is -2.00. The summed E-state index contributed by atoms with van der Waals surface area (Å²) in [6.45, 7) is 5.35. The molecular formula is C13H15BO2. The van der Waals surface area contributed by atoms with Gasteiger partial charge in [0.15, 0.2) is 7.28 Å². The summed E-state index contributed by atoms with van der Waals surface area (Å²) in [6.07, 6.45) is 5.22. The fraction of sp³-hybridized carbons (Fsp3) is 0.0769. The summed E-state index contributed by atoms with van der Waals surface area (Å²) in [6, 6.07) is 7.04. The quantitative estimate of drug-likeness (QED) is 0.457. The molecule has 0 aliphatic carbocycles. The molecule has 16 heavy (non-hydrogen) atoms. The number of hydrogen-bond acceptors (Lipinski definition) is 2. The Bertz CT molecular complexity index is 412. The highest BCUT2D eigenvalue weighted by Crippen LogP contribution is 2.04. The predicted molar refractivity (Wildman–Crippen MR) is 69.6 cm³/mol. The molecule has 0 radical (unpaired) electrons. The Kier molecular flexibility index (Phi) is 4.46. The van der Waals surface area contributed by atoms with E-state index in [0.717, 1.165) is 18.2 Å². The largest absolute Gasteiger partial charge is 0.513 e. The normalized spacial score (nSPS) is 12.3. The van der Waals surface area contributed by atoms with E-state index in [0.29, 0.717) is 0 Å². The van der Waals surface area contributed by atoms with Gasteiger partial charge in [-0.25, -0.2) is 0 Å². The van der Waals surface area contributed by atoms with E-state index >= 15 is 0 Å². The third kappa shape index (κ3) is 4.09. The maximum absolute atomic E-state index is 9.15. The molecule has 0 spiro atoms. The summed E-state index contributed by atoms with van der Waals surface area (Å²) in [5.41, 5.74) is 2.10. The van der Waals surface area contributed by atoms with E-state index in [1.165, 1.54) is 0 Å². The second-order valence-electron chi connectivity index (χ2n) is 3.60. The molecule has 1 rings (SSSR count). The predicted octanol–water partition coefficient (Wildman–Crippen LogP) is 1.99. The van der Waals surface area contributed by atoms with Crippen LogP contribution in [0.4, 0.5) is 0 Å². The first kappa shape index (κ1) is 12.2. The van der Waals surface area contributed by atoms with Crippen molar-refractivity contribution in [3.05, 3.63) is 60.3 Å². The number of phenols is 1. The first-order chi connectivity index (χ1) is 7.61. The second kappa shape index (κ2) is 5.86. The molecule has 0 aliphatic heterocycles. The summed E-state index contributed by atoms with van der Waals surface area (Å²) in [7, 11) is 0.730. The van der Waals surface area contributed by atoms with Crippen LogP contribution in [0, 0.1) is 0 Å². The lowest BCUT2D eigenvalue weighted by atomic mass is 9.63. The zero-order valence-electron chi connectivity index (χ0n) is 9.35. The van der Waals surface area contributed by atoms with Crippen molar-refractivity contribution in [2.75, 3.05) is 0 Å². The van der Waals surface area contributed by atoms with Crippen LogP contribution in [0.5, 0.6) is 5.75 Å². The van der Waals surface area contributed by atoms with E-state index in [1.807, 2.05) is 18.2 Å². The van der Waals surface area contributed by atoms with Gasteiger partial charge in [0.1, 0.15) is 5.75 Å². The number of aliphatic hydroxyl groups is 1. The smallest absolute Gasteiger partial charge is 0.192 e. The third-order valence-electron chi connectivity index (χ3n) is 2.15. The highest BCUT2D eigenvalue weighted by Gasteiger charge is 1.98. The van der Waals surface area contributed by atoms with Crippen LogP contribution in [0.1, 0.15) is 6.92 Å². The van der Waals surface area contributed by atoms with Crippen molar-refractivity contribution >= 4 is 12.7 Å². The van der Waals surface area contributed by atoms with Gasteiger partial charge in [0.05, 0.1) is 5.76 Å². The van der Waals surface area contributed by atoms with E-state index in [-0.39, 0.29) is 11.5 Å². The SMILES string of the molecule is C=C/C(Bc1ccc(O)cc1)=C\C=C(/C)O. The molecule has 0 heterocycles. The molecule has 0 atom stereocenters. The lowest BCUT2D eigenvalue weighted by Crippen LogP contribution is -2.14. The Morgan fingerprint density at radius 2 is 1.88 bits per heavy atom. The Hall–Kier alpha value is -1.90. The van der Waals surface area contributed by atoms with Crippen molar-refractivity contribution in [1.82, 2.24) is 0 Å². The highest BCUT2D eigenvalue weighted by molar-refractivity contribution is 6.61. The maximum Gasteiger partial charge on any atom is 0.192 e. The number of aliphatic hydroxyl groups excluding tert-OH is 1. The molecule has 0 amide bonds. The fourth-order valence-electron chi connectivity index (χ4n) is 1.28. The summed E-state index contributed by atoms with van der Waals surface area (Å²) >= 11 is 0. The van der Waals surface area contributed by atoms with Crippen molar-refractivity contribution in [1.29, 1.82) is 0 Å². The molecule has 0 aromatic heterocycles. The van der Waals surface area contributed by atoms with Crippen LogP contribution < -0.4 is 5.46 Å². The average Bonchev–Trinajstić information content (AvgIpc) is 2.26. The molecule has 0 saturated heterocycles. The summed E-state index contributed by atoms with van der Waals surface area (Å²) in [5, 5.41) is 18.2. The van der Waals surface area contributed by atoms with E-state index in [2.05, 4.69) is 6.58 Å². The van der Waals surface area contributed by atoms with Crippen molar-refractivity contribution in [3.8, 4) is 5.75 Å². The van der Waals surface area contributed by atoms with Crippen molar-refractivity contribution in [2.24, 2.45) is 0 Å². The molecule has 2 N–H and O–H groups in total. The zero-order chi connectivity index (χ0) is 12.0. The van der Waals surface area contributed by atoms with Gasteiger partial charge in [0.2, 0.25) is 0 Å². The molecule has 3 heteroatoms. The van der Waals surface area contributed by atoms with Gasteiger partial charge in [-0.3, -0.25) is 0 Å². The van der Waals surface area contributed by atoms with Gasteiger partial charge in [-0.05, 0) is 25.1 Å². The van der Waals surface area contributed by atoms with Gasteiger partial charge in [-0.1, -0.05) is 41.8 Å². The van der Waals surface area contributed by atoms with Crippen molar-refractivity contribution in [3.63, 3.8) is 0 Å². The molecule has 0 unspecified atom stereocenters. The average molecular weight is 214 g/mol. The number of rotatable bonds is 4. The third-order valence-corrected chi connectivity index (χ3v) is 2.15. The van der Waals surface area contributed by atoms with Gasteiger partial charge in [0.25, 0.3) is 0 Å². The molecule has 0 aliphatic rings. The van der Waals surface area contributed by atoms with E-state index in [1.54, 1.807) is 31.2 Å². The van der Waals surface area contributed by atoms with Crippen LogP contribution in [0.15, 0.2) is 60.3 Å². The Morgan fingerprint density at radius 3 is 2.38 bits per heavy atom. The summed E-state index contributed by atoms with van der Waals surface area (Å²) in [4.78, 5) is 0. The molecule has 1 aromatic rings. The molecule has 82 valence electrons. The highest BCUT2D eigenvalue weighted by atomic mass is 16.3. The van der Waals surface area contributed by atoms with Gasteiger partial charge in [0, 0.05) is 0 Å². The van der Waals surface area contributed by atoms with Gasteiger partial charge in [-0.15, -0.1) is 0 Å². The van der Waals surface area contributed by atoms with Crippen LogP contribution in [-0.2, 0) is 0 Å². The number of aromatic hydroxyl groups is 1. The van der Waals surface area contributed by atoms with Gasteiger partial charge < -0.3 is 10.2 Å². The van der Waals surface area contributed by atoms with E-state index in [4.69, 9.17) is 10.2 Å². The fourth-order valence-corrected chi connectivity index (χ4v) is 1.28. The Balaban J connectivity index is 2.78. The van der Waals surface area contributed by atoms with Gasteiger partial charge in [-0.2, -0.15) is 0 Å². The topological polar surface area (TPSA) is 40.5 Å². The van der Waals surface area contributed by atoms with E-state index in [9.17, 15) is 0 Å². The standard InChI is InChI=1S/C13H15BO2/c1-3-11(5-4-10(2)15)14-12-6-8-13(16)9-7-12/h3-9,14-16H,1H2,2H3/b10-4+,11-5+. The second-order valence-corrected chi connectivity index (χ2v) is 3.60. The maximum atomic E-state index is 9.15. The molecule has 1 aromatic carbocycles.